The highest BCUT2D eigenvalue weighted by atomic mass is 16.5. The second-order valence-electron chi connectivity index (χ2n) is 7.20. The van der Waals surface area contributed by atoms with Crippen LogP contribution < -0.4 is 4.90 Å². The van der Waals surface area contributed by atoms with E-state index in [9.17, 15) is 19.8 Å². The van der Waals surface area contributed by atoms with Crippen LogP contribution in [0.1, 0.15) is 39.8 Å². The number of aryl methyl sites for hydroxylation is 1. The quantitative estimate of drug-likeness (QED) is 0.644. The Balaban J connectivity index is 2.11. The molecule has 0 bridgehead atoms. The van der Waals surface area contributed by atoms with Gasteiger partial charge in [0.2, 0.25) is 0 Å². The summed E-state index contributed by atoms with van der Waals surface area (Å²) in [5.41, 5.74) is 1.77. The van der Waals surface area contributed by atoms with Crippen LogP contribution in [-0.4, -0.2) is 58.1 Å². The number of fused-ring (bicyclic) bond motifs is 1. The van der Waals surface area contributed by atoms with Gasteiger partial charge in [0.25, 0.3) is 0 Å². The Labute approximate surface area is 173 Å². The number of rotatable bonds is 6. The van der Waals surface area contributed by atoms with E-state index in [1.54, 1.807) is 0 Å². The lowest BCUT2D eigenvalue weighted by atomic mass is 10.0. The molecule has 1 aromatic carbocycles. The molecule has 156 valence electrons. The predicted octanol–water partition coefficient (Wildman–Crippen LogP) is 3.19. The molecule has 3 heterocycles. The van der Waals surface area contributed by atoms with Crippen LogP contribution in [0, 0.1) is 0 Å². The molecule has 2 aromatic heterocycles. The average Bonchev–Trinajstić information content (AvgIpc) is 3.09. The molecule has 8 nitrogen and oxygen atoms in total. The summed E-state index contributed by atoms with van der Waals surface area (Å²) >= 11 is 0. The standard InChI is InChI=1S/C22H23N3O5/c1-2-6-16-18(21(26)27)19(22(28)29)20-15(14-7-4-3-5-8-14)13-17(23-25(16)20)24-9-11-30-12-10-24/h3-5,7-8,13H,2,6,9-12H2,1H3,(H,26,27)(H,28,29). The molecule has 1 aliphatic heterocycles. The third-order valence-electron chi connectivity index (χ3n) is 5.31. The molecule has 0 saturated carbocycles. The van der Waals surface area contributed by atoms with Gasteiger partial charge in [-0.05, 0) is 18.1 Å². The normalized spacial score (nSPS) is 14.2. The first-order valence-electron chi connectivity index (χ1n) is 9.96. The van der Waals surface area contributed by atoms with Gasteiger partial charge in [0.1, 0.15) is 11.4 Å². The molecule has 0 spiro atoms. The van der Waals surface area contributed by atoms with Crippen molar-refractivity contribution in [3.8, 4) is 11.1 Å². The second-order valence-corrected chi connectivity index (χ2v) is 7.20. The van der Waals surface area contributed by atoms with E-state index in [-0.39, 0.29) is 11.1 Å². The number of hydrogen-bond acceptors (Lipinski definition) is 5. The Morgan fingerprint density at radius 2 is 1.73 bits per heavy atom. The summed E-state index contributed by atoms with van der Waals surface area (Å²) in [7, 11) is 0. The van der Waals surface area contributed by atoms with Crippen LogP contribution in [0.5, 0.6) is 0 Å². The van der Waals surface area contributed by atoms with Crippen molar-refractivity contribution in [2.75, 3.05) is 31.2 Å². The van der Waals surface area contributed by atoms with Gasteiger partial charge in [0.05, 0.1) is 30.0 Å². The Morgan fingerprint density at radius 3 is 2.33 bits per heavy atom. The highest BCUT2D eigenvalue weighted by Gasteiger charge is 2.31. The van der Waals surface area contributed by atoms with Gasteiger partial charge in [-0.25, -0.2) is 14.1 Å². The van der Waals surface area contributed by atoms with E-state index in [1.807, 2.05) is 43.3 Å². The summed E-state index contributed by atoms with van der Waals surface area (Å²) in [6.45, 7) is 4.40. The number of ether oxygens (including phenoxy) is 1. The maximum atomic E-state index is 12.2. The number of carbonyl (C=O) groups is 2. The number of aromatic nitrogens is 2. The van der Waals surface area contributed by atoms with Crippen LogP contribution in [0.15, 0.2) is 36.4 Å². The van der Waals surface area contributed by atoms with Gasteiger partial charge in [-0.3, -0.25) is 0 Å². The van der Waals surface area contributed by atoms with E-state index in [0.29, 0.717) is 61.7 Å². The van der Waals surface area contributed by atoms with Gasteiger partial charge >= 0.3 is 11.9 Å². The van der Waals surface area contributed by atoms with Crippen molar-refractivity contribution in [2.45, 2.75) is 19.8 Å². The van der Waals surface area contributed by atoms with Crippen molar-refractivity contribution in [3.05, 3.63) is 53.2 Å². The number of hydrogen-bond donors (Lipinski definition) is 2. The monoisotopic (exact) mass is 409 g/mol. The summed E-state index contributed by atoms with van der Waals surface area (Å²) in [6, 6.07) is 11.2. The fourth-order valence-corrected chi connectivity index (χ4v) is 3.99. The lowest BCUT2D eigenvalue weighted by Gasteiger charge is -2.28. The molecule has 30 heavy (non-hydrogen) atoms. The van der Waals surface area contributed by atoms with E-state index in [2.05, 4.69) is 4.90 Å². The largest absolute Gasteiger partial charge is 0.478 e. The smallest absolute Gasteiger partial charge is 0.338 e. The topological polar surface area (TPSA) is 104 Å². The zero-order valence-corrected chi connectivity index (χ0v) is 16.7. The maximum absolute atomic E-state index is 12.2. The fourth-order valence-electron chi connectivity index (χ4n) is 3.99. The number of anilines is 1. The minimum Gasteiger partial charge on any atom is -0.478 e. The van der Waals surface area contributed by atoms with Crippen LogP contribution in [0.2, 0.25) is 0 Å². The molecule has 1 fully saturated rings. The first-order chi connectivity index (χ1) is 14.5. The summed E-state index contributed by atoms with van der Waals surface area (Å²) < 4.78 is 6.97. The van der Waals surface area contributed by atoms with Gasteiger partial charge < -0.3 is 19.8 Å². The van der Waals surface area contributed by atoms with Crippen LogP contribution in [0.3, 0.4) is 0 Å². The van der Waals surface area contributed by atoms with Crippen LogP contribution in [0.25, 0.3) is 16.6 Å². The van der Waals surface area contributed by atoms with E-state index >= 15 is 0 Å². The Kier molecular flexibility index (Phi) is 5.41. The highest BCUT2D eigenvalue weighted by Crippen LogP contribution is 2.35. The lowest BCUT2D eigenvalue weighted by Crippen LogP contribution is -2.37. The molecule has 2 N–H and O–H groups in total. The number of aromatic carboxylic acids is 2. The van der Waals surface area contributed by atoms with Gasteiger partial charge in [-0.1, -0.05) is 43.7 Å². The Morgan fingerprint density at radius 1 is 1.07 bits per heavy atom. The van der Waals surface area contributed by atoms with Gasteiger partial charge in [0, 0.05) is 18.7 Å². The molecule has 0 atom stereocenters. The molecule has 1 aliphatic rings. The number of morpholine rings is 1. The summed E-state index contributed by atoms with van der Waals surface area (Å²) in [4.78, 5) is 26.4. The minimum atomic E-state index is -1.27. The van der Waals surface area contributed by atoms with Crippen LogP contribution >= 0.6 is 0 Å². The average molecular weight is 409 g/mol. The van der Waals surface area contributed by atoms with Crippen molar-refractivity contribution in [1.29, 1.82) is 0 Å². The number of carboxylic acids is 2. The van der Waals surface area contributed by atoms with Gasteiger partial charge in [-0.2, -0.15) is 0 Å². The summed E-state index contributed by atoms with van der Waals surface area (Å²) in [6.07, 6.45) is 1.07. The first kappa shape index (κ1) is 19.9. The SMILES string of the molecule is CCCc1c(C(=O)O)c(C(=O)O)c2c(-c3ccccc3)cc(N3CCOCC3)nn12. The molecule has 4 rings (SSSR count). The van der Waals surface area contributed by atoms with E-state index in [4.69, 9.17) is 9.84 Å². The lowest BCUT2D eigenvalue weighted by molar-refractivity contribution is 0.0653. The highest BCUT2D eigenvalue weighted by molar-refractivity contribution is 6.11. The predicted molar refractivity (Wildman–Crippen MR) is 112 cm³/mol. The van der Waals surface area contributed by atoms with Crippen molar-refractivity contribution >= 4 is 23.3 Å². The van der Waals surface area contributed by atoms with Crippen molar-refractivity contribution in [3.63, 3.8) is 0 Å². The molecule has 0 amide bonds. The molecule has 0 unspecified atom stereocenters. The van der Waals surface area contributed by atoms with Crippen molar-refractivity contribution < 1.29 is 24.5 Å². The molecule has 0 radical (unpaired) electrons. The summed E-state index contributed by atoms with van der Waals surface area (Å²) in [5.74, 6) is -1.86. The first-order valence-corrected chi connectivity index (χ1v) is 9.96. The molecular formula is C22H23N3O5. The van der Waals surface area contributed by atoms with Crippen LogP contribution in [0.4, 0.5) is 5.82 Å². The maximum Gasteiger partial charge on any atom is 0.338 e. The second kappa shape index (κ2) is 8.16. The Hall–Kier alpha value is -3.39. The zero-order chi connectivity index (χ0) is 21.3. The molecule has 0 aliphatic carbocycles. The Bertz CT molecular complexity index is 1100. The third-order valence-corrected chi connectivity index (χ3v) is 5.31. The summed E-state index contributed by atoms with van der Waals surface area (Å²) in [5, 5.41) is 24.5. The zero-order valence-electron chi connectivity index (χ0n) is 16.7. The van der Waals surface area contributed by atoms with Gasteiger partial charge in [-0.15, -0.1) is 5.10 Å². The van der Waals surface area contributed by atoms with Crippen LogP contribution in [-0.2, 0) is 11.2 Å². The third kappa shape index (κ3) is 3.39. The van der Waals surface area contributed by atoms with E-state index in [1.165, 1.54) is 4.52 Å². The van der Waals surface area contributed by atoms with Crippen molar-refractivity contribution in [1.82, 2.24) is 9.61 Å². The van der Waals surface area contributed by atoms with Crippen molar-refractivity contribution in [2.24, 2.45) is 0 Å². The van der Waals surface area contributed by atoms with E-state index in [0.717, 1.165) is 5.56 Å². The number of carboxylic acid groups (broad SMARTS) is 2. The minimum absolute atomic E-state index is 0.187. The fraction of sp³-hybridized carbons (Fsp3) is 0.318. The molecule has 8 heteroatoms. The van der Waals surface area contributed by atoms with E-state index < -0.39 is 11.9 Å². The van der Waals surface area contributed by atoms with Gasteiger partial charge in [0.15, 0.2) is 0 Å². The number of benzene rings is 1. The molecule has 1 saturated heterocycles. The molecular weight excluding hydrogens is 386 g/mol. The molecule has 3 aromatic rings. The number of nitrogens with zero attached hydrogens (tertiary/aromatic N) is 3.